The summed E-state index contributed by atoms with van der Waals surface area (Å²) in [5.74, 6) is -0.222. The van der Waals surface area contributed by atoms with E-state index in [1.807, 2.05) is 0 Å². The highest BCUT2D eigenvalue weighted by molar-refractivity contribution is 7.80. The Morgan fingerprint density at radius 1 is 1.47 bits per heavy atom. The molecule has 0 atom stereocenters. The van der Waals surface area contributed by atoms with Crippen molar-refractivity contribution in [2.75, 3.05) is 13.1 Å². The highest BCUT2D eigenvalue weighted by Crippen LogP contribution is 2.48. The lowest BCUT2D eigenvalue weighted by atomic mass is 9.95. The zero-order chi connectivity index (χ0) is 12.8. The summed E-state index contributed by atoms with van der Waals surface area (Å²) in [7, 11) is 0. The first kappa shape index (κ1) is 12.3. The summed E-state index contributed by atoms with van der Waals surface area (Å²) in [6.45, 7) is 4.49. The molecule has 0 aromatic heterocycles. The Bertz CT molecular complexity index is 402. The zero-order valence-electron chi connectivity index (χ0n) is 10.1. The Labute approximate surface area is 106 Å². The number of hydrogen-bond acceptors (Lipinski definition) is 3. The van der Waals surface area contributed by atoms with Crippen molar-refractivity contribution in [1.29, 1.82) is 0 Å². The third kappa shape index (κ3) is 1.71. The van der Waals surface area contributed by atoms with Gasteiger partial charge in [0.15, 0.2) is 0 Å². The van der Waals surface area contributed by atoms with Gasteiger partial charge in [0.1, 0.15) is 5.54 Å². The Kier molecular flexibility index (Phi) is 2.65. The van der Waals surface area contributed by atoms with Crippen LogP contribution in [0.5, 0.6) is 0 Å². The minimum absolute atomic E-state index is 0.0927. The van der Waals surface area contributed by atoms with Gasteiger partial charge < -0.3 is 16.0 Å². The monoisotopic (exact) mass is 255 g/mol. The van der Waals surface area contributed by atoms with Gasteiger partial charge in [-0.15, -0.1) is 0 Å². The topological polar surface area (TPSA) is 75.4 Å². The second-order valence-electron chi connectivity index (χ2n) is 5.22. The SMILES string of the molecule is CC1(C)C(=O)NCCN1C(=O)C1(C(N)=S)CC1. The number of amides is 2. The molecule has 2 amide bonds. The van der Waals surface area contributed by atoms with Gasteiger partial charge in [-0.05, 0) is 26.7 Å². The van der Waals surface area contributed by atoms with Crippen LogP contribution in [0.3, 0.4) is 0 Å². The second kappa shape index (κ2) is 3.66. The van der Waals surface area contributed by atoms with Gasteiger partial charge in [0, 0.05) is 13.1 Å². The molecule has 2 fully saturated rings. The Morgan fingerprint density at radius 3 is 2.53 bits per heavy atom. The van der Waals surface area contributed by atoms with Gasteiger partial charge in [-0.2, -0.15) is 0 Å². The van der Waals surface area contributed by atoms with Crippen LogP contribution in [0.25, 0.3) is 0 Å². The van der Waals surface area contributed by atoms with Crippen LogP contribution in [0.4, 0.5) is 0 Å². The minimum atomic E-state index is -0.824. The number of carbonyl (C=O) groups is 2. The van der Waals surface area contributed by atoms with Gasteiger partial charge in [0.2, 0.25) is 11.8 Å². The summed E-state index contributed by atoms with van der Waals surface area (Å²) in [4.78, 5) is 26.1. The molecule has 0 aromatic carbocycles. The Morgan fingerprint density at radius 2 is 2.06 bits per heavy atom. The standard InChI is InChI=1S/C11H17N3O2S/c1-10(2)8(15)13-5-6-14(10)9(16)11(3-4-11)7(12)17/h3-6H2,1-2H3,(H2,12,17)(H,13,15). The number of nitrogens with zero attached hydrogens (tertiary/aromatic N) is 1. The first-order valence-electron chi connectivity index (χ1n) is 5.73. The molecule has 6 heteroatoms. The molecule has 1 aliphatic heterocycles. The lowest BCUT2D eigenvalue weighted by Gasteiger charge is -2.42. The quantitative estimate of drug-likeness (QED) is 0.670. The van der Waals surface area contributed by atoms with Crippen LogP contribution in [0, 0.1) is 5.41 Å². The maximum absolute atomic E-state index is 12.5. The molecule has 2 aliphatic rings. The van der Waals surface area contributed by atoms with Crippen molar-refractivity contribution in [2.24, 2.45) is 11.1 Å². The van der Waals surface area contributed by atoms with E-state index in [2.05, 4.69) is 5.32 Å². The van der Waals surface area contributed by atoms with Gasteiger partial charge in [-0.3, -0.25) is 9.59 Å². The first-order chi connectivity index (χ1) is 7.82. The predicted octanol–water partition coefficient (Wildman–Crippen LogP) is -0.210. The van der Waals surface area contributed by atoms with Gasteiger partial charge in [-0.25, -0.2) is 0 Å². The molecule has 0 unspecified atom stereocenters. The first-order valence-corrected chi connectivity index (χ1v) is 6.13. The second-order valence-corrected chi connectivity index (χ2v) is 5.66. The van der Waals surface area contributed by atoms with E-state index in [9.17, 15) is 9.59 Å². The van der Waals surface area contributed by atoms with Crippen LogP contribution >= 0.6 is 12.2 Å². The number of carbonyl (C=O) groups excluding carboxylic acids is 2. The van der Waals surface area contributed by atoms with Crippen LogP contribution in [0.15, 0.2) is 0 Å². The van der Waals surface area contributed by atoms with E-state index in [1.54, 1.807) is 18.7 Å². The third-order valence-corrected chi connectivity index (χ3v) is 4.12. The van der Waals surface area contributed by atoms with Crippen LogP contribution in [-0.2, 0) is 9.59 Å². The van der Waals surface area contributed by atoms with Crippen molar-refractivity contribution in [2.45, 2.75) is 32.2 Å². The fraction of sp³-hybridized carbons (Fsp3) is 0.727. The highest BCUT2D eigenvalue weighted by atomic mass is 32.1. The minimum Gasteiger partial charge on any atom is -0.392 e. The van der Waals surface area contributed by atoms with Crippen LogP contribution in [0.1, 0.15) is 26.7 Å². The predicted molar refractivity (Wildman–Crippen MR) is 67.3 cm³/mol. The van der Waals surface area contributed by atoms with E-state index >= 15 is 0 Å². The Hall–Kier alpha value is -1.17. The molecular weight excluding hydrogens is 238 g/mol. The number of hydrogen-bond donors (Lipinski definition) is 2. The molecule has 17 heavy (non-hydrogen) atoms. The van der Waals surface area contributed by atoms with Crippen molar-refractivity contribution in [3.05, 3.63) is 0 Å². The summed E-state index contributed by atoms with van der Waals surface area (Å²) in [5, 5.41) is 2.76. The summed E-state index contributed by atoms with van der Waals surface area (Å²) in [5.41, 5.74) is 4.15. The van der Waals surface area contributed by atoms with Crippen LogP contribution in [0.2, 0.25) is 0 Å². The molecule has 0 aromatic rings. The fourth-order valence-corrected chi connectivity index (χ4v) is 2.50. The van der Waals surface area contributed by atoms with Crippen molar-refractivity contribution in [3.63, 3.8) is 0 Å². The van der Waals surface area contributed by atoms with Gasteiger partial charge in [-0.1, -0.05) is 12.2 Å². The van der Waals surface area contributed by atoms with Crippen molar-refractivity contribution in [1.82, 2.24) is 10.2 Å². The average molecular weight is 255 g/mol. The molecule has 1 saturated carbocycles. The molecule has 1 saturated heterocycles. The van der Waals surface area contributed by atoms with Crippen molar-refractivity contribution >= 4 is 29.0 Å². The molecule has 0 bridgehead atoms. The van der Waals surface area contributed by atoms with Gasteiger partial charge >= 0.3 is 0 Å². The molecule has 1 aliphatic carbocycles. The number of rotatable bonds is 2. The fourth-order valence-electron chi connectivity index (χ4n) is 2.20. The van der Waals surface area contributed by atoms with E-state index in [1.165, 1.54) is 0 Å². The van der Waals surface area contributed by atoms with E-state index in [0.29, 0.717) is 25.9 Å². The highest BCUT2D eigenvalue weighted by Gasteiger charge is 2.57. The maximum Gasteiger partial charge on any atom is 0.245 e. The third-order valence-electron chi connectivity index (χ3n) is 3.73. The number of nitrogens with two attached hydrogens (primary N) is 1. The molecule has 94 valence electrons. The molecular formula is C11H17N3O2S. The van der Waals surface area contributed by atoms with E-state index in [0.717, 1.165) is 0 Å². The largest absolute Gasteiger partial charge is 0.392 e. The summed E-state index contributed by atoms with van der Waals surface area (Å²) < 4.78 is 0. The van der Waals surface area contributed by atoms with Crippen LogP contribution in [-0.4, -0.2) is 40.3 Å². The molecule has 3 N–H and O–H groups in total. The Balaban J connectivity index is 2.25. The smallest absolute Gasteiger partial charge is 0.245 e. The van der Waals surface area contributed by atoms with Crippen LogP contribution < -0.4 is 11.1 Å². The van der Waals surface area contributed by atoms with E-state index < -0.39 is 11.0 Å². The lowest BCUT2D eigenvalue weighted by Crippen LogP contribution is -2.65. The summed E-state index contributed by atoms with van der Waals surface area (Å²) >= 11 is 4.97. The van der Waals surface area contributed by atoms with E-state index in [-0.39, 0.29) is 16.8 Å². The van der Waals surface area contributed by atoms with Gasteiger partial charge in [0.25, 0.3) is 0 Å². The zero-order valence-corrected chi connectivity index (χ0v) is 10.9. The average Bonchev–Trinajstić information content (AvgIpc) is 3.02. The van der Waals surface area contributed by atoms with Gasteiger partial charge in [0.05, 0.1) is 10.4 Å². The van der Waals surface area contributed by atoms with Crippen molar-refractivity contribution < 1.29 is 9.59 Å². The molecule has 2 rings (SSSR count). The normalized spacial score (nSPS) is 25.1. The van der Waals surface area contributed by atoms with E-state index in [4.69, 9.17) is 18.0 Å². The van der Waals surface area contributed by atoms with Crippen molar-refractivity contribution in [3.8, 4) is 0 Å². The summed E-state index contributed by atoms with van der Waals surface area (Å²) in [6.07, 6.45) is 1.41. The number of thiocarbonyl (C=S) groups is 1. The molecule has 0 radical (unpaired) electrons. The maximum atomic E-state index is 12.5. The summed E-state index contributed by atoms with van der Waals surface area (Å²) in [6, 6.07) is 0. The number of nitrogens with one attached hydrogen (secondary N) is 1. The number of piperazine rings is 1. The molecule has 5 nitrogen and oxygen atoms in total. The molecule has 0 spiro atoms. The molecule has 1 heterocycles. The lowest BCUT2D eigenvalue weighted by molar-refractivity contribution is -0.151.